The summed E-state index contributed by atoms with van der Waals surface area (Å²) in [7, 11) is 0. The molecule has 20 heavy (non-hydrogen) atoms. The molecule has 0 aromatic heterocycles. The zero-order valence-corrected chi connectivity index (χ0v) is 11.5. The van der Waals surface area contributed by atoms with Gasteiger partial charge in [0.15, 0.2) is 0 Å². The third kappa shape index (κ3) is 3.58. The van der Waals surface area contributed by atoms with Crippen LogP contribution in [0.15, 0.2) is 60.7 Å². The zero-order chi connectivity index (χ0) is 14.4. The number of fused-ring (bicyclic) bond motifs is 2. The van der Waals surface area contributed by atoms with Crippen molar-refractivity contribution in [3.63, 3.8) is 0 Å². The molecule has 3 aromatic carbocycles. The van der Waals surface area contributed by atoms with Gasteiger partial charge in [-0.15, -0.1) is 0 Å². The lowest BCUT2D eigenvalue weighted by molar-refractivity contribution is -0.137. The third-order valence-electron chi connectivity index (χ3n) is 3.08. The highest BCUT2D eigenvalue weighted by Gasteiger charge is 1.95. The Labute approximate surface area is 118 Å². The lowest BCUT2D eigenvalue weighted by atomic mass is 10.0. The van der Waals surface area contributed by atoms with Gasteiger partial charge in [-0.2, -0.15) is 0 Å². The van der Waals surface area contributed by atoms with Gasteiger partial charge in [-0.3, -0.25) is 4.79 Å². The summed E-state index contributed by atoms with van der Waals surface area (Å²) in [6.45, 7) is 1.84. The minimum atomic E-state index is -0.711. The van der Waals surface area contributed by atoms with Gasteiger partial charge >= 0.3 is 5.97 Å². The Bertz CT molecular complexity index is 612. The van der Waals surface area contributed by atoms with Gasteiger partial charge < -0.3 is 5.11 Å². The summed E-state index contributed by atoms with van der Waals surface area (Å²) in [4.78, 5) is 9.60. The van der Waals surface area contributed by atoms with Crippen molar-refractivity contribution in [1.29, 1.82) is 0 Å². The Kier molecular flexibility index (Phi) is 4.72. The van der Waals surface area contributed by atoms with Gasteiger partial charge in [-0.05, 0) is 40.1 Å². The Hall–Kier alpha value is -2.35. The molecule has 0 aliphatic carbocycles. The first-order chi connectivity index (χ1) is 9.70. The van der Waals surface area contributed by atoms with E-state index in [0.717, 1.165) is 6.42 Å². The summed E-state index contributed by atoms with van der Waals surface area (Å²) >= 11 is 0. The maximum absolute atomic E-state index is 9.60. The van der Waals surface area contributed by atoms with Crippen molar-refractivity contribution in [2.75, 3.05) is 0 Å². The molecular formula is C18H18O2. The molecule has 0 saturated heterocycles. The standard InChI is InChI=1S/C14H10.C4H8O2/c1-2-6-12-10-14-8-4-3-7-13(14)9-11(12)5-1;1-2-3-4(5)6/h1-10H;2-3H2,1H3,(H,5,6). The lowest BCUT2D eigenvalue weighted by Crippen LogP contribution is -1.90. The summed E-state index contributed by atoms with van der Waals surface area (Å²) < 4.78 is 0. The molecule has 0 aliphatic rings. The average molecular weight is 266 g/mol. The molecule has 0 heterocycles. The molecule has 0 fully saturated rings. The monoisotopic (exact) mass is 266 g/mol. The van der Waals surface area contributed by atoms with Crippen LogP contribution in [0, 0.1) is 0 Å². The fraction of sp³-hybridized carbons (Fsp3) is 0.167. The number of hydrogen-bond acceptors (Lipinski definition) is 1. The number of rotatable bonds is 2. The highest BCUT2D eigenvalue weighted by molar-refractivity contribution is 5.98. The SMILES string of the molecule is CCCC(=O)O.c1ccc2cc3ccccc3cc2c1. The first-order valence-electron chi connectivity index (χ1n) is 6.80. The summed E-state index contributed by atoms with van der Waals surface area (Å²) in [6.07, 6.45) is 1.02. The number of hydrogen-bond donors (Lipinski definition) is 1. The smallest absolute Gasteiger partial charge is 0.303 e. The Morgan fingerprint density at radius 1 is 0.850 bits per heavy atom. The zero-order valence-electron chi connectivity index (χ0n) is 11.5. The van der Waals surface area contributed by atoms with E-state index >= 15 is 0 Å². The first kappa shape index (κ1) is 14.1. The van der Waals surface area contributed by atoms with Crippen LogP contribution in [-0.2, 0) is 4.79 Å². The van der Waals surface area contributed by atoms with E-state index < -0.39 is 5.97 Å². The largest absolute Gasteiger partial charge is 0.481 e. The van der Waals surface area contributed by atoms with Crippen molar-refractivity contribution in [1.82, 2.24) is 0 Å². The van der Waals surface area contributed by atoms with Crippen molar-refractivity contribution in [3.8, 4) is 0 Å². The molecule has 2 nitrogen and oxygen atoms in total. The summed E-state index contributed by atoms with van der Waals surface area (Å²) in [5.41, 5.74) is 0. The normalized spacial score (nSPS) is 10.1. The van der Waals surface area contributed by atoms with E-state index in [1.807, 2.05) is 6.92 Å². The van der Waals surface area contributed by atoms with E-state index in [0.29, 0.717) is 6.42 Å². The van der Waals surface area contributed by atoms with Crippen molar-refractivity contribution in [2.24, 2.45) is 0 Å². The van der Waals surface area contributed by atoms with Gasteiger partial charge in [-0.25, -0.2) is 0 Å². The molecule has 0 atom stereocenters. The van der Waals surface area contributed by atoms with Crippen LogP contribution in [-0.4, -0.2) is 11.1 Å². The minimum absolute atomic E-state index is 0.292. The summed E-state index contributed by atoms with van der Waals surface area (Å²) in [5, 5.41) is 13.2. The average Bonchev–Trinajstić information content (AvgIpc) is 2.45. The summed E-state index contributed by atoms with van der Waals surface area (Å²) in [6, 6.07) is 21.4. The molecule has 3 rings (SSSR count). The van der Waals surface area contributed by atoms with Crippen molar-refractivity contribution in [2.45, 2.75) is 19.8 Å². The van der Waals surface area contributed by atoms with Crippen LogP contribution in [0.3, 0.4) is 0 Å². The van der Waals surface area contributed by atoms with Crippen LogP contribution in [0.1, 0.15) is 19.8 Å². The van der Waals surface area contributed by atoms with Crippen LogP contribution in [0.5, 0.6) is 0 Å². The van der Waals surface area contributed by atoms with E-state index in [-0.39, 0.29) is 0 Å². The van der Waals surface area contributed by atoms with Gasteiger partial charge in [-0.1, -0.05) is 55.5 Å². The third-order valence-corrected chi connectivity index (χ3v) is 3.08. The van der Waals surface area contributed by atoms with Gasteiger partial charge in [0.25, 0.3) is 0 Å². The van der Waals surface area contributed by atoms with E-state index in [1.165, 1.54) is 21.5 Å². The topological polar surface area (TPSA) is 37.3 Å². The van der Waals surface area contributed by atoms with Gasteiger partial charge in [0.2, 0.25) is 0 Å². The van der Waals surface area contributed by atoms with Gasteiger partial charge in [0, 0.05) is 6.42 Å². The molecule has 0 unspecified atom stereocenters. The van der Waals surface area contributed by atoms with E-state index in [4.69, 9.17) is 5.11 Å². The second-order valence-corrected chi connectivity index (χ2v) is 4.69. The number of benzene rings is 3. The molecule has 2 heteroatoms. The molecule has 0 saturated carbocycles. The van der Waals surface area contributed by atoms with Crippen LogP contribution < -0.4 is 0 Å². The number of carboxylic acids is 1. The molecule has 0 radical (unpaired) electrons. The molecule has 0 spiro atoms. The van der Waals surface area contributed by atoms with Crippen LogP contribution in [0.2, 0.25) is 0 Å². The highest BCUT2D eigenvalue weighted by atomic mass is 16.4. The molecule has 3 aromatic rings. The molecule has 1 N–H and O–H groups in total. The van der Waals surface area contributed by atoms with Crippen molar-refractivity contribution < 1.29 is 9.90 Å². The maximum atomic E-state index is 9.60. The van der Waals surface area contributed by atoms with E-state index in [9.17, 15) is 4.79 Å². The molecule has 0 bridgehead atoms. The molecule has 102 valence electrons. The Morgan fingerprint density at radius 3 is 1.40 bits per heavy atom. The van der Waals surface area contributed by atoms with Crippen LogP contribution in [0.4, 0.5) is 0 Å². The first-order valence-corrected chi connectivity index (χ1v) is 6.80. The van der Waals surface area contributed by atoms with Crippen molar-refractivity contribution in [3.05, 3.63) is 60.7 Å². The van der Waals surface area contributed by atoms with Crippen LogP contribution >= 0.6 is 0 Å². The maximum Gasteiger partial charge on any atom is 0.303 e. The van der Waals surface area contributed by atoms with E-state index in [1.54, 1.807) is 0 Å². The molecule has 0 aliphatic heterocycles. The van der Waals surface area contributed by atoms with Gasteiger partial charge in [0.1, 0.15) is 0 Å². The molecular weight excluding hydrogens is 248 g/mol. The van der Waals surface area contributed by atoms with Crippen LogP contribution in [0.25, 0.3) is 21.5 Å². The van der Waals surface area contributed by atoms with Crippen molar-refractivity contribution >= 4 is 27.5 Å². The van der Waals surface area contributed by atoms with Gasteiger partial charge in [0.05, 0.1) is 0 Å². The highest BCUT2D eigenvalue weighted by Crippen LogP contribution is 2.21. The lowest BCUT2D eigenvalue weighted by Gasteiger charge is -2.00. The predicted molar refractivity (Wildman–Crippen MR) is 84.0 cm³/mol. The number of aliphatic carboxylic acids is 1. The quantitative estimate of drug-likeness (QED) is 0.672. The minimum Gasteiger partial charge on any atom is -0.481 e. The number of carbonyl (C=O) groups is 1. The Morgan fingerprint density at radius 2 is 1.20 bits per heavy atom. The molecule has 0 amide bonds. The fourth-order valence-corrected chi connectivity index (χ4v) is 2.10. The Balaban J connectivity index is 0.000000212. The second-order valence-electron chi connectivity index (χ2n) is 4.69. The fourth-order valence-electron chi connectivity index (χ4n) is 2.10. The van der Waals surface area contributed by atoms with E-state index in [2.05, 4.69) is 60.7 Å². The second kappa shape index (κ2) is 6.71. The number of carboxylic acid groups (broad SMARTS) is 1. The predicted octanol–water partition coefficient (Wildman–Crippen LogP) is 4.86. The summed E-state index contributed by atoms with van der Waals surface area (Å²) in [5.74, 6) is -0.711.